The van der Waals surface area contributed by atoms with E-state index in [0.717, 1.165) is 26.1 Å². The number of nitrogens with zero attached hydrogens (tertiary/aromatic N) is 2. The Kier molecular flexibility index (Phi) is 4.33. The molecule has 1 aliphatic heterocycles. The SMILES string of the molecule is CNC(C)(C)C(=O)N1CCCN(C)CC1C. The molecule has 0 aromatic heterocycles. The Morgan fingerprint density at radius 3 is 2.56 bits per heavy atom. The highest BCUT2D eigenvalue weighted by Crippen LogP contribution is 2.14. The molecule has 1 N–H and O–H groups in total. The zero-order valence-electron chi connectivity index (χ0n) is 11.2. The molecule has 1 unspecified atom stereocenters. The van der Waals surface area contributed by atoms with E-state index in [0.29, 0.717) is 6.04 Å². The zero-order valence-corrected chi connectivity index (χ0v) is 11.2. The minimum atomic E-state index is -0.461. The number of hydrogen-bond acceptors (Lipinski definition) is 3. The first-order valence-electron chi connectivity index (χ1n) is 6.07. The first kappa shape index (κ1) is 13.5. The van der Waals surface area contributed by atoms with Crippen molar-refractivity contribution in [3.05, 3.63) is 0 Å². The fourth-order valence-electron chi connectivity index (χ4n) is 2.14. The average molecular weight is 227 g/mol. The maximum absolute atomic E-state index is 12.4. The lowest BCUT2D eigenvalue weighted by molar-refractivity contribution is -0.138. The van der Waals surface area contributed by atoms with Crippen LogP contribution in [0.4, 0.5) is 0 Å². The average Bonchev–Trinajstić information content (AvgIpc) is 2.38. The van der Waals surface area contributed by atoms with Gasteiger partial charge in [0.05, 0.1) is 5.54 Å². The zero-order chi connectivity index (χ0) is 12.3. The van der Waals surface area contributed by atoms with Crippen LogP contribution in [-0.4, -0.2) is 61.0 Å². The van der Waals surface area contributed by atoms with Gasteiger partial charge in [-0.2, -0.15) is 0 Å². The summed E-state index contributed by atoms with van der Waals surface area (Å²) >= 11 is 0. The summed E-state index contributed by atoms with van der Waals surface area (Å²) in [6, 6.07) is 0.299. The van der Waals surface area contributed by atoms with Crippen LogP contribution in [-0.2, 0) is 4.79 Å². The van der Waals surface area contributed by atoms with Gasteiger partial charge in [-0.05, 0) is 47.8 Å². The summed E-state index contributed by atoms with van der Waals surface area (Å²) in [7, 11) is 3.96. The first-order chi connectivity index (χ1) is 7.38. The summed E-state index contributed by atoms with van der Waals surface area (Å²) in [5, 5.41) is 3.09. The van der Waals surface area contributed by atoms with Crippen LogP contribution in [0.1, 0.15) is 27.2 Å². The van der Waals surface area contributed by atoms with Crippen molar-refractivity contribution in [2.45, 2.75) is 38.8 Å². The van der Waals surface area contributed by atoms with Gasteiger partial charge in [0, 0.05) is 19.1 Å². The lowest BCUT2D eigenvalue weighted by Gasteiger charge is -2.35. The molecule has 0 bridgehead atoms. The van der Waals surface area contributed by atoms with Gasteiger partial charge in [-0.25, -0.2) is 0 Å². The van der Waals surface area contributed by atoms with E-state index in [1.165, 1.54) is 0 Å². The van der Waals surface area contributed by atoms with Gasteiger partial charge in [0.25, 0.3) is 0 Å². The molecular weight excluding hydrogens is 202 g/mol. The largest absolute Gasteiger partial charge is 0.337 e. The molecule has 0 radical (unpaired) electrons. The maximum atomic E-state index is 12.4. The summed E-state index contributed by atoms with van der Waals surface area (Å²) < 4.78 is 0. The number of rotatable bonds is 2. The minimum Gasteiger partial charge on any atom is -0.337 e. The molecule has 1 atom stereocenters. The molecule has 1 aliphatic rings. The van der Waals surface area contributed by atoms with Gasteiger partial charge in [-0.1, -0.05) is 0 Å². The van der Waals surface area contributed by atoms with Gasteiger partial charge < -0.3 is 15.1 Å². The van der Waals surface area contributed by atoms with Gasteiger partial charge in [-0.15, -0.1) is 0 Å². The van der Waals surface area contributed by atoms with Gasteiger partial charge in [-0.3, -0.25) is 4.79 Å². The van der Waals surface area contributed by atoms with Crippen LogP contribution in [0.3, 0.4) is 0 Å². The Labute approximate surface area is 99.0 Å². The molecule has 1 rings (SSSR count). The number of nitrogens with one attached hydrogen (secondary N) is 1. The van der Waals surface area contributed by atoms with Crippen LogP contribution in [0.5, 0.6) is 0 Å². The second-order valence-electron chi connectivity index (χ2n) is 5.34. The standard InChI is InChI=1S/C12H25N3O/c1-10-9-14(5)7-6-8-15(10)11(16)12(2,3)13-4/h10,13H,6-9H2,1-5H3. The molecule has 1 amide bonds. The molecule has 16 heavy (non-hydrogen) atoms. The van der Waals surface area contributed by atoms with Crippen molar-refractivity contribution < 1.29 is 4.79 Å². The van der Waals surface area contributed by atoms with Gasteiger partial charge in [0.15, 0.2) is 0 Å². The van der Waals surface area contributed by atoms with Crippen molar-refractivity contribution in [1.29, 1.82) is 0 Å². The van der Waals surface area contributed by atoms with Gasteiger partial charge in [0.1, 0.15) is 0 Å². The summed E-state index contributed by atoms with van der Waals surface area (Å²) in [6.07, 6.45) is 1.06. The highest BCUT2D eigenvalue weighted by molar-refractivity contribution is 5.85. The van der Waals surface area contributed by atoms with Gasteiger partial charge in [0.2, 0.25) is 5.91 Å². The van der Waals surface area contributed by atoms with E-state index in [-0.39, 0.29) is 5.91 Å². The lowest BCUT2D eigenvalue weighted by Crippen LogP contribution is -2.56. The van der Waals surface area contributed by atoms with Crippen molar-refractivity contribution in [2.75, 3.05) is 33.7 Å². The number of amides is 1. The van der Waals surface area contributed by atoms with Gasteiger partial charge >= 0.3 is 0 Å². The van der Waals surface area contributed by atoms with Crippen LogP contribution < -0.4 is 5.32 Å². The van der Waals surface area contributed by atoms with E-state index in [1.807, 2.05) is 25.8 Å². The molecule has 0 aromatic carbocycles. The normalized spacial score (nSPS) is 24.3. The Hall–Kier alpha value is -0.610. The van der Waals surface area contributed by atoms with Crippen molar-refractivity contribution >= 4 is 5.91 Å². The number of carbonyl (C=O) groups is 1. The third kappa shape index (κ3) is 2.95. The molecule has 0 saturated carbocycles. The summed E-state index contributed by atoms with van der Waals surface area (Å²) in [5.74, 6) is 0.206. The molecule has 0 aromatic rings. The van der Waals surface area contributed by atoms with Crippen LogP contribution in [0.2, 0.25) is 0 Å². The maximum Gasteiger partial charge on any atom is 0.242 e. The number of likely N-dealkylation sites (N-methyl/N-ethyl adjacent to an activating group) is 2. The summed E-state index contributed by atoms with van der Waals surface area (Å²) in [6.45, 7) is 8.92. The summed E-state index contributed by atoms with van der Waals surface area (Å²) in [4.78, 5) is 16.7. The fourth-order valence-corrected chi connectivity index (χ4v) is 2.14. The van der Waals surface area contributed by atoms with E-state index in [9.17, 15) is 4.79 Å². The third-order valence-corrected chi connectivity index (χ3v) is 3.47. The van der Waals surface area contributed by atoms with Crippen molar-refractivity contribution in [3.8, 4) is 0 Å². The Bertz CT molecular complexity index is 253. The highest BCUT2D eigenvalue weighted by Gasteiger charge is 2.33. The van der Waals surface area contributed by atoms with E-state index in [2.05, 4.69) is 24.2 Å². The molecule has 0 spiro atoms. The van der Waals surface area contributed by atoms with Crippen molar-refractivity contribution in [2.24, 2.45) is 0 Å². The summed E-state index contributed by atoms with van der Waals surface area (Å²) in [5.41, 5.74) is -0.461. The Morgan fingerprint density at radius 2 is 2.00 bits per heavy atom. The molecule has 1 heterocycles. The van der Waals surface area contributed by atoms with E-state index < -0.39 is 5.54 Å². The third-order valence-electron chi connectivity index (χ3n) is 3.47. The van der Waals surface area contributed by atoms with Crippen molar-refractivity contribution in [1.82, 2.24) is 15.1 Å². The molecular formula is C12H25N3O. The fraction of sp³-hybridized carbons (Fsp3) is 0.917. The lowest BCUT2D eigenvalue weighted by atomic mass is 10.0. The van der Waals surface area contributed by atoms with Crippen LogP contribution in [0, 0.1) is 0 Å². The van der Waals surface area contributed by atoms with Crippen LogP contribution >= 0.6 is 0 Å². The van der Waals surface area contributed by atoms with Crippen LogP contribution in [0.15, 0.2) is 0 Å². The van der Waals surface area contributed by atoms with E-state index >= 15 is 0 Å². The predicted molar refractivity (Wildman–Crippen MR) is 66.4 cm³/mol. The minimum absolute atomic E-state index is 0.206. The second kappa shape index (κ2) is 5.15. The molecule has 4 nitrogen and oxygen atoms in total. The molecule has 94 valence electrons. The molecule has 1 fully saturated rings. The van der Waals surface area contributed by atoms with E-state index in [1.54, 1.807) is 0 Å². The molecule has 0 aliphatic carbocycles. The Balaban J connectivity index is 2.74. The molecule has 1 saturated heterocycles. The second-order valence-corrected chi connectivity index (χ2v) is 5.34. The monoisotopic (exact) mass is 227 g/mol. The topological polar surface area (TPSA) is 35.6 Å². The highest BCUT2D eigenvalue weighted by atomic mass is 16.2. The Morgan fingerprint density at radius 1 is 1.38 bits per heavy atom. The predicted octanol–water partition coefficient (Wildman–Crippen LogP) is 0.537. The molecule has 4 heteroatoms. The van der Waals surface area contributed by atoms with Crippen molar-refractivity contribution in [3.63, 3.8) is 0 Å². The number of hydrogen-bond donors (Lipinski definition) is 1. The first-order valence-corrected chi connectivity index (χ1v) is 6.07. The van der Waals surface area contributed by atoms with E-state index in [4.69, 9.17) is 0 Å². The smallest absolute Gasteiger partial charge is 0.242 e. The number of carbonyl (C=O) groups excluding carboxylic acids is 1. The quantitative estimate of drug-likeness (QED) is 0.748. The van der Waals surface area contributed by atoms with Crippen LogP contribution in [0.25, 0.3) is 0 Å².